The van der Waals surface area contributed by atoms with E-state index in [0.717, 1.165) is 0 Å². The largest absolute Gasteiger partial charge is 0.481 e. The summed E-state index contributed by atoms with van der Waals surface area (Å²) in [5, 5.41) is 19.6. The van der Waals surface area contributed by atoms with Crippen LogP contribution < -0.4 is 9.47 Å². The van der Waals surface area contributed by atoms with Gasteiger partial charge in [0.1, 0.15) is 6.10 Å². The number of aliphatic hydroxyl groups excluding tert-OH is 2. The monoisotopic (exact) mass is 272 g/mol. The predicted octanol–water partition coefficient (Wildman–Crippen LogP) is -0.549. The minimum Gasteiger partial charge on any atom is -0.481 e. The Kier molecular flexibility index (Phi) is 5.46. The Balaban J connectivity index is 2.98. The molecule has 0 aromatic carbocycles. The fourth-order valence-electron chi connectivity index (χ4n) is 1.35. The molecule has 0 fully saturated rings. The molecule has 1 heterocycles. The van der Waals surface area contributed by atoms with Crippen molar-refractivity contribution >= 4 is 5.97 Å². The third kappa shape index (κ3) is 3.52. The maximum atomic E-state index is 11.3. The van der Waals surface area contributed by atoms with Crippen LogP contribution in [0.4, 0.5) is 0 Å². The molecule has 0 aliphatic rings. The lowest BCUT2D eigenvalue weighted by Gasteiger charge is -2.18. The molecule has 0 aliphatic heterocycles. The van der Waals surface area contributed by atoms with Crippen LogP contribution in [0, 0.1) is 0 Å². The van der Waals surface area contributed by atoms with Crippen LogP contribution in [0.3, 0.4) is 0 Å². The molecule has 0 aliphatic carbocycles. The number of hydrogen-bond donors (Lipinski definition) is 2. The third-order valence-corrected chi connectivity index (χ3v) is 2.28. The molecule has 0 bridgehead atoms. The van der Waals surface area contributed by atoms with Crippen molar-refractivity contribution in [1.82, 2.24) is 9.97 Å². The molecule has 19 heavy (non-hydrogen) atoms. The number of nitrogens with zero attached hydrogens (tertiary/aromatic N) is 2. The summed E-state index contributed by atoms with van der Waals surface area (Å²) in [6.45, 7) is 1.69. The van der Waals surface area contributed by atoms with Crippen molar-refractivity contribution in [3.05, 3.63) is 11.8 Å². The second-order valence-electron chi connectivity index (χ2n) is 3.46. The van der Waals surface area contributed by atoms with E-state index in [1.54, 1.807) is 6.92 Å². The highest BCUT2D eigenvalue weighted by Gasteiger charge is 2.30. The zero-order chi connectivity index (χ0) is 14.4. The second-order valence-corrected chi connectivity index (χ2v) is 3.46. The van der Waals surface area contributed by atoms with Crippen LogP contribution in [0.5, 0.6) is 11.9 Å². The average molecular weight is 272 g/mol. The molecule has 106 valence electrons. The van der Waals surface area contributed by atoms with Crippen LogP contribution in [0.2, 0.25) is 0 Å². The normalized spacial score (nSPS) is 13.5. The Hall–Kier alpha value is -1.93. The van der Waals surface area contributed by atoms with E-state index in [2.05, 4.69) is 14.7 Å². The highest BCUT2D eigenvalue weighted by atomic mass is 16.5. The van der Waals surface area contributed by atoms with Gasteiger partial charge in [0.05, 0.1) is 26.4 Å². The summed E-state index contributed by atoms with van der Waals surface area (Å²) in [7, 11) is 2.70. The molecular weight excluding hydrogens is 256 g/mol. The molecule has 1 aromatic rings. The van der Waals surface area contributed by atoms with Gasteiger partial charge in [-0.05, 0) is 6.92 Å². The molecule has 2 N–H and O–H groups in total. The summed E-state index contributed by atoms with van der Waals surface area (Å²) in [4.78, 5) is 19.0. The smallest absolute Gasteiger partial charge is 0.338 e. The summed E-state index contributed by atoms with van der Waals surface area (Å²) >= 11 is 0. The van der Waals surface area contributed by atoms with Crippen molar-refractivity contribution in [2.45, 2.75) is 19.1 Å². The lowest BCUT2D eigenvalue weighted by Crippen LogP contribution is -2.30. The molecule has 8 heteroatoms. The van der Waals surface area contributed by atoms with Crippen LogP contribution in [0.1, 0.15) is 18.6 Å². The van der Waals surface area contributed by atoms with Gasteiger partial charge >= 0.3 is 12.0 Å². The summed E-state index contributed by atoms with van der Waals surface area (Å²) < 4.78 is 14.4. The van der Waals surface area contributed by atoms with Gasteiger partial charge in [-0.1, -0.05) is 0 Å². The minimum absolute atomic E-state index is 0.00250. The van der Waals surface area contributed by atoms with E-state index in [0.29, 0.717) is 0 Å². The molecule has 2 atom stereocenters. The molecule has 0 saturated heterocycles. The highest BCUT2D eigenvalue weighted by Crippen LogP contribution is 2.26. The number of aliphatic hydroxyl groups is 2. The van der Waals surface area contributed by atoms with E-state index in [-0.39, 0.29) is 24.1 Å². The first kappa shape index (κ1) is 15.1. The predicted molar refractivity (Wildman–Crippen MR) is 62.7 cm³/mol. The fraction of sp³-hybridized carbons (Fsp3) is 0.545. The van der Waals surface area contributed by atoms with Gasteiger partial charge in [-0.3, -0.25) is 0 Å². The lowest BCUT2D eigenvalue weighted by atomic mass is 10.1. The van der Waals surface area contributed by atoms with E-state index in [1.807, 2.05) is 0 Å². The van der Waals surface area contributed by atoms with Gasteiger partial charge in [-0.2, -0.15) is 4.98 Å². The topological polar surface area (TPSA) is 111 Å². The van der Waals surface area contributed by atoms with Gasteiger partial charge in [-0.15, -0.1) is 0 Å². The zero-order valence-corrected chi connectivity index (χ0v) is 10.9. The van der Waals surface area contributed by atoms with E-state index < -0.39 is 18.2 Å². The average Bonchev–Trinajstić information content (AvgIpc) is 2.45. The van der Waals surface area contributed by atoms with Crippen molar-refractivity contribution in [2.75, 3.05) is 20.8 Å². The molecular formula is C11H16N2O6. The van der Waals surface area contributed by atoms with Gasteiger partial charge in [0, 0.05) is 6.20 Å². The lowest BCUT2D eigenvalue weighted by molar-refractivity contribution is -0.159. The molecule has 1 rings (SSSR count). The van der Waals surface area contributed by atoms with Crippen LogP contribution >= 0.6 is 0 Å². The first-order chi connectivity index (χ1) is 9.04. The number of rotatable bonds is 6. The Labute approximate surface area is 110 Å². The van der Waals surface area contributed by atoms with Crippen molar-refractivity contribution in [3.63, 3.8) is 0 Å². The van der Waals surface area contributed by atoms with Crippen LogP contribution in [0.15, 0.2) is 6.20 Å². The van der Waals surface area contributed by atoms with Gasteiger partial charge in [-0.25, -0.2) is 9.78 Å². The zero-order valence-electron chi connectivity index (χ0n) is 10.9. The van der Waals surface area contributed by atoms with Gasteiger partial charge in [0.25, 0.3) is 0 Å². The summed E-state index contributed by atoms with van der Waals surface area (Å²) in [5.74, 6) is -0.935. The summed E-state index contributed by atoms with van der Waals surface area (Å²) in [6.07, 6.45) is -2.09. The summed E-state index contributed by atoms with van der Waals surface area (Å²) in [6, 6.07) is 0.0402. The number of esters is 1. The molecule has 2 unspecified atom stereocenters. The summed E-state index contributed by atoms with van der Waals surface area (Å²) in [5.41, 5.74) is 0.0591. The van der Waals surface area contributed by atoms with Gasteiger partial charge < -0.3 is 24.4 Å². The van der Waals surface area contributed by atoms with Gasteiger partial charge in [0.2, 0.25) is 5.88 Å². The van der Waals surface area contributed by atoms with E-state index >= 15 is 0 Å². The number of hydrogen-bond acceptors (Lipinski definition) is 8. The Morgan fingerprint density at radius 2 is 2.05 bits per heavy atom. The maximum Gasteiger partial charge on any atom is 0.338 e. The van der Waals surface area contributed by atoms with Crippen LogP contribution in [0.25, 0.3) is 0 Å². The number of ether oxygens (including phenoxy) is 3. The molecule has 8 nitrogen and oxygen atoms in total. The number of carbonyl (C=O) groups is 1. The fourth-order valence-corrected chi connectivity index (χ4v) is 1.35. The molecule has 0 radical (unpaired) electrons. The number of carbonyl (C=O) groups excluding carboxylic acids is 1. The quantitative estimate of drug-likeness (QED) is 0.664. The molecule has 0 spiro atoms. The highest BCUT2D eigenvalue weighted by molar-refractivity contribution is 5.75. The first-order valence-corrected chi connectivity index (χ1v) is 5.52. The number of aromatic nitrogens is 2. The second kappa shape index (κ2) is 6.86. The van der Waals surface area contributed by atoms with E-state index in [4.69, 9.17) is 9.47 Å². The minimum atomic E-state index is -1.74. The van der Waals surface area contributed by atoms with Crippen molar-refractivity contribution in [1.29, 1.82) is 0 Å². The maximum absolute atomic E-state index is 11.3. The SMILES string of the molecule is CCOC(=O)C(O)C(O)c1cnc(OC)nc1OC. The van der Waals surface area contributed by atoms with Crippen molar-refractivity contribution in [2.24, 2.45) is 0 Å². The Morgan fingerprint density at radius 1 is 1.37 bits per heavy atom. The number of methoxy groups -OCH3 is 2. The van der Waals surface area contributed by atoms with E-state index in [1.165, 1.54) is 20.4 Å². The van der Waals surface area contributed by atoms with Gasteiger partial charge in [0.15, 0.2) is 6.10 Å². The Morgan fingerprint density at radius 3 is 2.58 bits per heavy atom. The van der Waals surface area contributed by atoms with Crippen LogP contribution in [-0.4, -0.2) is 53.1 Å². The van der Waals surface area contributed by atoms with Crippen molar-refractivity contribution in [3.8, 4) is 11.9 Å². The molecule has 1 aromatic heterocycles. The molecule has 0 saturated carbocycles. The standard InChI is InChI=1S/C11H16N2O6/c1-4-19-10(16)8(15)7(14)6-5-12-11(18-3)13-9(6)17-2/h5,7-8,14-15H,4H2,1-3H3. The van der Waals surface area contributed by atoms with E-state index in [9.17, 15) is 15.0 Å². The Bertz CT molecular complexity index is 439. The molecule has 0 amide bonds. The first-order valence-electron chi connectivity index (χ1n) is 5.52. The van der Waals surface area contributed by atoms with Crippen molar-refractivity contribution < 1.29 is 29.2 Å². The van der Waals surface area contributed by atoms with Crippen LogP contribution in [-0.2, 0) is 9.53 Å². The third-order valence-electron chi connectivity index (χ3n) is 2.28.